The largest absolute Gasteiger partial charge is 0.356 e. The van der Waals surface area contributed by atoms with E-state index >= 15 is 0 Å². The van der Waals surface area contributed by atoms with Gasteiger partial charge < -0.3 is 10.6 Å². The summed E-state index contributed by atoms with van der Waals surface area (Å²) in [5, 5.41) is 11.4. The topological polar surface area (TPSA) is 88.4 Å². The standard InChI is InChI=1S/C18H31N5O2S.HI/c1-13-17(14(2)23(3)22-13)11-20-18(21-16-6-4-5-7-16)19-10-15-8-9-26(24,25)12-15;/h15-16H,4-12H2,1-3H3,(H2,19,20,21);1H. The summed E-state index contributed by atoms with van der Waals surface area (Å²) in [7, 11) is -0.890. The number of guanidine groups is 1. The fourth-order valence-corrected chi connectivity index (χ4v) is 5.76. The Bertz CT molecular complexity index is 769. The molecule has 2 fully saturated rings. The number of hydrogen-bond donors (Lipinski definition) is 2. The zero-order chi connectivity index (χ0) is 18.7. The minimum atomic E-state index is -2.84. The first-order chi connectivity index (χ1) is 12.3. The first-order valence-electron chi connectivity index (χ1n) is 9.58. The van der Waals surface area contributed by atoms with Crippen LogP contribution in [0.1, 0.15) is 49.1 Å². The van der Waals surface area contributed by atoms with Gasteiger partial charge in [-0.1, -0.05) is 12.8 Å². The van der Waals surface area contributed by atoms with E-state index in [0.717, 1.165) is 29.3 Å². The van der Waals surface area contributed by atoms with E-state index in [1.165, 1.54) is 25.7 Å². The summed E-state index contributed by atoms with van der Waals surface area (Å²) in [4.78, 5) is 4.78. The van der Waals surface area contributed by atoms with Gasteiger partial charge in [-0.2, -0.15) is 5.10 Å². The van der Waals surface area contributed by atoms with Crippen LogP contribution in [0.25, 0.3) is 0 Å². The van der Waals surface area contributed by atoms with E-state index in [2.05, 4.69) is 22.7 Å². The Kier molecular flexibility index (Phi) is 7.96. The molecule has 9 heteroatoms. The maximum absolute atomic E-state index is 11.7. The minimum Gasteiger partial charge on any atom is -0.356 e. The molecule has 1 saturated carbocycles. The third kappa shape index (κ3) is 6.07. The first-order valence-corrected chi connectivity index (χ1v) is 11.4. The quantitative estimate of drug-likeness (QED) is 0.361. The molecule has 1 atom stereocenters. The predicted molar refractivity (Wildman–Crippen MR) is 119 cm³/mol. The molecule has 0 amide bonds. The van der Waals surface area contributed by atoms with Gasteiger partial charge in [0, 0.05) is 30.9 Å². The second kappa shape index (κ2) is 9.58. The lowest BCUT2D eigenvalue weighted by Crippen LogP contribution is -2.44. The summed E-state index contributed by atoms with van der Waals surface area (Å²) in [6, 6.07) is 0.463. The van der Waals surface area contributed by atoms with Gasteiger partial charge in [-0.15, -0.1) is 24.0 Å². The fraction of sp³-hybridized carbons (Fsp3) is 0.778. The highest BCUT2D eigenvalue weighted by atomic mass is 127. The molecule has 3 rings (SSSR count). The lowest BCUT2D eigenvalue weighted by Gasteiger charge is -2.19. The van der Waals surface area contributed by atoms with Crippen molar-refractivity contribution in [2.24, 2.45) is 18.0 Å². The molecule has 1 unspecified atom stereocenters. The zero-order valence-electron chi connectivity index (χ0n) is 16.5. The Balaban J connectivity index is 0.00000261. The summed E-state index contributed by atoms with van der Waals surface area (Å²) in [6.45, 7) is 5.31. The number of aromatic nitrogens is 2. The lowest BCUT2D eigenvalue weighted by atomic mass is 10.1. The minimum absolute atomic E-state index is 0. The number of halogens is 1. The molecule has 0 aromatic carbocycles. The Morgan fingerprint density at radius 2 is 1.96 bits per heavy atom. The van der Waals surface area contributed by atoms with Crippen molar-refractivity contribution >= 4 is 39.8 Å². The predicted octanol–water partition coefficient (Wildman–Crippen LogP) is 2.07. The summed E-state index contributed by atoms with van der Waals surface area (Å²) < 4.78 is 25.2. The Morgan fingerprint density at radius 3 is 2.52 bits per heavy atom. The monoisotopic (exact) mass is 509 g/mol. The van der Waals surface area contributed by atoms with Crippen molar-refractivity contribution in [1.29, 1.82) is 0 Å². The van der Waals surface area contributed by atoms with Crippen LogP contribution in [0.4, 0.5) is 0 Å². The van der Waals surface area contributed by atoms with Gasteiger partial charge in [0.05, 0.1) is 23.7 Å². The van der Waals surface area contributed by atoms with Crippen molar-refractivity contribution in [3.63, 3.8) is 0 Å². The second-order valence-electron chi connectivity index (χ2n) is 7.71. The van der Waals surface area contributed by atoms with Gasteiger partial charge in [-0.3, -0.25) is 4.68 Å². The Hall–Kier alpha value is -0.840. The summed E-state index contributed by atoms with van der Waals surface area (Å²) >= 11 is 0. The molecule has 1 saturated heterocycles. The smallest absolute Gasteiger partial charge is 0.191 e. The van der Waals surface area contributed by atoms with Crippen LogP contribution >= 0.6 is 24.0 Å². The SMILES string of the molecule is Cc1nn(C)c(C)c1CN=C(NCC1CCS(=O)(=O)C1)NC1CCCC1.I. The molecule has 2 heterocycles. The van der Waals surface area contributed by atoms with Crippen LogP contribution in [-0.4, -0.2) is 48.3 Å². The van der Waals surface area contributed by atoms with Crippen molar-refractivity contribution in [2.75, 3.05) is 18.1 Å². The van der Waals surface area contributed by atoms with Crippen molar-refractivity contribution in [1.82, 2.24) is 20.4 Å². The molecular formula is C18H32IN5O2S. The number of sulfone groups is 1. The third-order valence-electron chi connectivity index (χ3n) is 5.64. The second-order valence-corrected chi connectivity index (χ2v) is 9.94. The van der Waals surface area contributed by atoms with E-state index in [1.54, 1.807) is 0 Å². The molecule has 0 spiro atoms. The summed E-state index contributed by atoms with van der Waals surface area (Å²) in [5.41, 5.74) is 3.30. The average molecular weight is 509 g/mol. The van der Waals surface area contributed by atoms with Crippen molar-refractivity contribution in [2.45, 2.75) is 58.5 Å². The van der Waals surface area contributed by atoms with Crippen molar-refractivity contribution in [3.05, 3.63) is 17.0 Å². The van der Waals surface area contributed by atoms with E-state index in [0.29, 0.717) is 24.9 Å². The van der Waals surface area contributed by atoms with Crippen LogP contribution in [0.15, 0.2) is 4.99 Å². The number of nitrogens with zero attached hydrogens (tertiary/aromatic N) is 3. The molecule has 2 N–H and O–H groups in total. The van der Waals surface area contributed by atoms with Crippen LogP contribution in [-0.2, 0) is 23.4 Å². The normalized spacial score (nSPS) is 22.6. The van der Waals surface area contributed by atoms with E-state index in [-0.39, 0.29) is 35.6 Å². The molecule has 2 aliphatic rings. The third-order valence-corrected chi connectivity index (χ3v) is 7.47. The number of nitrogens with one attached hydrogen (secondary N) is 2. The van der Waals surface area contributed by atoms with Gasteiger partial charge in [-0.25, -0.2) is 13.4 Å². The van der Waals surface area contributed by atoms with Gasteiger partial charge >= 0.3 is 0 Å². The molecule has 27 heavy (non-hydrogen) atoms. The molecule has 1 aliphatic heterocycles. The van der Waals surface area contributed by atoms with Gasteiger partial charge in [-0.05, 0) is 39.0 Å². The number of aliphatic imine (C=N–C) groups is 1. The van der Waals surface area contributed by atoms with E-state index in [9.17, 15) is 8.42 Å². The van der Waals surface area contributed by atoms with Gasteiger partial charge in [0.25, 0.3) is 0 Å². The molecule has 1 aromatic rings. The van der Waals surface area contributed by atoms with E-state index < -0.39 is 9.84 Å². The summed E-state index contributed by atoms with van der Waals surface area (Å²) in [6.07, 6.45) is 5.60. The van der Waals surface area contributed by atoms with Gasteiger partial charge in [0.15, 0.2) is 15.8 Å². The molecule has 154 valence electrons. The van der Waals surface area contributed by atoms with Crippen LogP contribution in [0.5, 0.6) is 0 Å². The van der Waals surface area contributed by atoms with E-state index in [1.807, 2.05) is 18.7 Å². The van der Waals surface area contributed by atoms with Crippen LogP contribution < -0.4 is 10.6 Å². The molecule has 1 aliphatic carbocycles. The lowest BCUT2D eigenvalue weighted by molar-refractivity contribution is 0.553. The van der Waals surface area contributed by atoms with Crippen molar-refractivity contribution in [3.8, 4) is 0 Å². The Morgan fingerprint density at radius 1 is 1.26 bits per heavy atom. The number of hydrogen-bond acceptors (Lipinski definition) is 4. The Labute approximate surface area is 179 Å². The summed E-state index contributed by atoms with van der Waals surface area (Å²) in [5.74, 6) is 1.58. The number of aryl methyl sites for hydroxylation is 2. The van der Waals surface area contributed by atoms with E-state index in [4.69, 9.17) is 4.99 Å². The van der Waals surface area contributed by atoms with Gasteiger partial charge in [0.2, 0.25) is 0 Å². The van der Waals surface area contributed by atoms with Crippen LogP contribution in [0, 0.1) is 19.8 Å². The zero-order valence-corrected chi connectivity index (χ0v) is 19.6. The highest BCUT2D eigenvalue weighted by Gasteiger charge is 2.28. The average Bonchev–Trinajstić information content (AvgIpc) is 3.26. The van der Waals surface area contributed by atoms with Gasteiger partial charge in [0.1, 0.15) is 0 Å². The molecule has 7 nitrogen and oxygen atoms in total. The highest BCUT2D eigenvalue weighted by molar-refractivity contribution is 14.0. The highest BCUT2D eigenvalue weighted by Crippen LogP contribution is 2.19. The maximum atomic E-state index is 11.7. The molecule has 0 bridgehead atoms. The molecular weight excluding hydrogens is 477 g/mol. The number of rotatable bonds is 5. The molecule has 1 aromatic heterocycles. The molecule has 0 radical (unpaired) electrons. The van der Waals surface area contributed by atoms with Crippen LogP contribution in [0.3, 0.4) is 0 Å². The van der Waals surface area contributed by atoms with Crippen molar-refractivity contribution < 1.29 is 8.42 Å². The first kappa shape index (κ1) is 22.4. The maximum Gasteiger partial charge on any atom is 0.191 e. The fourth-order valence-electron chi connectivity index (χ4n) is 3.89. The van der Waals surface area contributed by atoms with Crippen LogP contribution in [0.2, 0.25) is 0 Å².